The summed E-state index contributed by atoms with van der Waals surface area (Å²) in [5.74, 6) is 0.572. The number of aromatic amines is 1. The molecule has 0 aromatic carbocycles. The minimum absolute atomic E-state index is 0.264. The van der Waals surface area contributed by atoms with Gasteiger partial charge >= 0.3 is 0 Å². The SMILES string of the molecule is N#Cc1cccnc1Cl.Nc1[nH]nc2ncccc12. The fourth-order valence-electron chi connectivity index (χ4n) is 1.34. The second-order valence-electron chi connectivity index (χ2n) is 3.47. The molecule has 3 aromatic rings. The lowest BCUT2D eigenvalue weighted by Gasteiger charge is -1.87. The summed E-state index contributed by atoms with van der Waals surface area (Å²) >= 11 is 5.49. The van der Waals surface area contributed by atoms with Crippen LogP contribution >= 0.6 is 11.6 Å². The van der Waals surface area contributed by atoms with E-state index in [-0.39, 0.29) is 5.15 Å². The van der Waals surface area contributed by atoms with Crippen LogP contribution in [0.4, 0.5) is 5.82 Å². The minimum Gasteiger partial charge on any atom is -0.384 e. The third kappa shape index (κ3) is 2.97. The average molecular weight is 273 g/mol. The molecule has 0 saturated carbocycles. The van der Waals surface area contributed by atoms with Crippen LogP contribution in [0.1, 0.15) is 5.56 Å². The van der Waals surface area contributed by atoms with Crippen LogP contribution < -0.4 is 5.73 Å². The maximum Gasteiger partial charge on any atom is 0.183 e. The molecule has 0 aliphatic heterocycles. The smallest absolute Gasteiger partial charge is 0.183 e. The van der Waals surface area contributed by atoms with Crippen molar-refractivity contribution < 1.29 is 0 Å². The number of nitrogens with two attached hydrogens (primary N) is 1. The van der Waals surface area contributed by atoms with E-state index in [2.05, 4.69) is 20.2 Å². The Labute approximate surface area is 113 Å². The first-order valence-electron chi connectivity index (χ1n) is 5.27. The summed E-state index contributed by atoms with van der Waals surface area (Å²) < 4.78 is 0. The van der Waals surface area contributed by atoms with Gasteiger partial charge in [0.25, 0.3) is 0 Å². The highest BCUT2D eigenvalue weighted by Gasteiger charge is 1.98. The molecule has 0 radical (unpaired) electrons. The Morgan fingerprint density at radius 1 is 1.21 bits per heavy atom. The quantitative estimate of drug-likeness (QED) is 0.610. The zero-order valence-corrected chi connectivity index (χ0v) is 10.5. The van der Waals surface area contributed by atoms with Gasteiger partial charge in [-0.25, -0.2) is 9.97 Å². The summed E-state index contributed by atoms with van der Waals surface area (Å²) in [6.45, 7) is 0. The first-order valence-corrected chi connectivity index (χ1v) is 5.65. The molecule has 7 heteroatoms. The fraction of sp³-hybridized carbons (Fsp3) is 0. The van der Waals surface area contributed by atoms with E-state index in [1.807, 2.05) is 18.2 Å². The molecule has 3 heterocycles. The zero-order valence-electron chi connectivity index (χ0n) is 9.71. The largest absolute Gasteiger partial charge is 0.384 e. The second-order valence-corrected chi connectivity index (χ2v) is 3.82. The number of aromatic nitrogens is 4. The Morgan fingerprint density at radius 2 is 1.95 bits per heavy atom. The number of halogens is 1. The van der Waals surface area contributed by atoms with Gasteiger partial charge in [-0.2, -0.15) is 10.4 Å². The molecular formula is C12H9ClN6. The van der Waals surface area contributed by atoms with Crippen LogP contribution in [0.2, 0.25) is 5.15 Å². The van der Waals surface area contributed by atoms with Crippen molar-refractivity contribution in [2.24, 2.45) is 0 Å². The van der Waals surface area contributed by atoms with E-state index in [4.69, 9.17) is 22.6 Å². The standard InChI is InChI=1S/C6H3ClN2.C6H6N4/c7-6-5(4-8)2-1-3-9-6;7-5-4-2-1-3-8-6(4)10-9-5/h1-3H;1-3H,(H3,7,8,9,10). The van der Waals surface area contributed by atoms with Crippen LogP contribution in [0.25, 0.3) is 11.0 Å². The maximum atomic E-state index is 8.34. The van der Waals surface area contributed by atoms with E-state index in [0.29, 0.717) is 17.0 Å². The topological polar surface area (TPSA) is 104 Å². The molecule has 3 aromatic heterocycles. The average Bonchev–Trinajstić information content (AvgIpc) is 2.82. The molecule has 0 fully saturated rings. The highest BCUT2D eigenvalue weighted by atomic mass is 35.5. The normalized spacial score (nSPS) is 9.47. The Morgan fingerprint density at radius 3 is 2.58 bits per heavy atom. The number of hydrogen-bond acceptors (Lipinski definition) is 5. The van der Waals surface area contributed by atoms with Gasteiger partial charge in [0.1, 0.15) is 17.0 Å². The number of nitrogens with zero attached hydrogens (tertiary/aromatic N) is 4. The molecule has 6 nitrogen and oxygen atoms in total. The van der Waals surface area contributed by atoms with Crippen LogP contribution in [-0.2, 0) is 0 Å². The summed E-state index contributed by atoms with van der Waals surface area (Å²) in [4.78, 5) is 7.67. The molecule has 3 rings (SSSR count). The van der Waals surface area contributed by atoms with Gasteiger partial charge in [-0.1, -0.05) is 11.6 Å². The van der Waals surface area contributed by atoms with E-state index in [0.717, 1.165) is 5.39 Å². The van der Waals surface area contributed by atoms with Gasteiger partial charge < -0.3 is 5.73 Å². The van der Waals surface area contributed by atoms with E-state index in [9.17, 15) is 0 Å². The molecule has 0 spiro atoms. The van der Waals surface area contributed by atoms with Crippen molar-refractivity contribution in [3.8, 4) is 6.07 Å². The van der Waals surface area contributed by atoms with Crippen molar-refractivity contribution in [3.05, 3.63) is 47.4 Å². The van der Waals surface area contributed by atoms with E-state index in [1.54, 1.807) is 24.5 Å². The number of nitriles is 1. The van der Waals surface area contributed by atoms with Crippen LogP contribution in [-0.4, -0.2) is 20.2 Å². The first-order chi connectivity index (χ1) is 9.22. The van der Waals surface area contributed by atoms with Gasteiger partial charge in [-0.3, -0.25) is 5.10 Å². The van der Waals surface area contributed by atoms with Crippen molar-refractivity contribution in [1.82, 2.24) is 20.2 Å². The highest BCUT2D eigenvalue weighted by Crippen LogP contribution is 2.13. The monoisotopic (exact) mass is 272 g/mol. The van der Waals surface area contributed by atoms with Crippen LogP contribution in [0, 0.1) is 11.3 Å². The molecule has 0 saturated heterocycles. The number of fused-ring (bicyclic) bond motifs is 1. The second kappa shape index (κ2) is 5.80. The van der Waals surface area contributed by atoms with Crippen molar-refractivity contribution >= 4 is 28.5 Å². The van der Waals surface area contributed by atoms with Gasteiger partial charge in [-0.15, -0.1) is 0 Å². The van der Waals surface area contributed by atoms with Crippen molar-refractivity contribution in [3.63, 3.8) is 0 Å². The Kier molecular flexibility index (Phi) is 3.90. The van der Waals surface area contributed by atoms with Gasteiger partial charge in [0.15, 0.2) is 5.65 Å². The van der Waals surface area contributed by atoms with E-state index >= 15 is 0 Å². The Balaban J connectivity index is 0.000000141. The molecule has 3 N–H and O–H groups in total. The third-order valence-corrected chi connectivity index (χ3v) is 2.54. The van der Waals surface area contributed by atoms with Crippen molar-refractivity contribution in [1.29, 1.82) is 5.26 Å². The van der Waals surface area contributed by atoms with E-state index < -0.39 is 0 Å². The highest BCUT2D eigenvalue weighted by molar-refractivity contribution is 6.30. The molecule has 0 aliphatic rings. The third-order valence-electron chi connectivity index (χ3n) is 2.24. The molecular weight excluding hydrogens is 264 g/mol. The molecule has 0 atom stereocenters. The minimum atomic E-state index is 0.264. The van der Waals surface area contributed by atoms with Gasteiger partial charge in [0, 0.05) is 12.4 Å². The zero-order chi connectivity index (χ0) is 13.7. The Bertz CT molecular complexity index is 730. The first kappa shape index (κ1) is 12.8. The number of nitrogens with one attached hydrogen (secondary N) is 1. The predicted molar refractivity (Wildman–Crippen MR) is 72.3 cm³/mol. The Hall–Kier alpha value is -2.65. The summed E-state index contributed by atoms with van der Waals surface area (Å²) in [5.41, 5.74) is 6.60. The van der Waals surface area contributed by atoms with Crippen LogP contribution in [0.3, 0.4) is 0 Å². The summed E-state index contributed by atoms with van der Waals surface area (Å²) in [7, 11) is 0. The lowest BCUT2D eigenvalue weighted by molar-refractivity contribution is 1.10. The lowest BCUT2D eigenvalue weighted by atomic mass is 10.3. The molecule has 19 heavy (non-hydrogen) atoms. The van der Waals surface area contributed by atoms with Crippen LogP contribution in [0.15, 0.2) is 36.7 Å². The molecule has 0 bridgehead atoms. The summed E-state index contributed by atoms with van der Waals surface area (Å²) in [6.07, 6.45) is 3.23. The number of rotatable bonds is 0. The summed E-state index contributed by atoms with van der Waals surface area (Å²) in [5, 5.41) is 16.0. The van der Waals surface area contributed by atoms with Crippen LogP contribution in [0.5, 0.6) is 0 Å². The molecule has 0 aliphatic carbocycles. The number of pyridine rings is 2. The molecule has 0 amide bonds. The number of hydrogen-bond donors (Lipinski definition) is 2. The number of nitrogen functional groups attached to an aromatic ring is 1. The van der Waals surface area contributed by atoms with Crippen molar-refractivity contribution in [2.45, 2.75) is 0 Å². The number of anilines is 1. The van der Waals surface area contributed by atoms with Crippen molar-refractivity contribution in [2.75, 3.05) is 5.73 Å². The lowest BCUT2D eigenvalue weighted by Crippen LogP contribution is -1.83. The maximum absolute atomic E-state index is 8.34. The van der Waals surface area contributed by atoms with E-state index in [1.165, 1.54) is 0 Å². The number of H-pyrrole nitrogens is 1. The summed E-state index contributed by atoms with van der Waals surface area (Å²) in [6, 6.07) is 8.90. The van der Waals surface area contributed by atoms with Gasteiger partial charge in [-0.05, 0) is 24.3 Å². The fourth-order valence-corrected chi connectivity index (χ4v) is 1.50. The van der Waals surface area contributed by atoms with Gasteiger partial charge in [0.2, 0.25) is 0 Å². The predicted octanol–water partition coefficient (Wildman–Crippen LogP) is 2.15. The molecule has 0 unspecified atom stereocenters. The van der Waals surface area contributed by atoms with Gasteiger partial charge in [0.05, 0.1) is 10.9 Å². The molecule has 94 valence electrons.